The number of aryl methyl sites for hydroxylation is 1. The minimum Gasteiger partial charge on any atom is -0.359 e. The lowest BCUT2D eigenvalue weighted by Gasteiger charge is -2.36. The van der Waals surface area contributed by atoms with Crippen molar-refractivity contribution in [3.05, 3.63) is 77.4 Å². The number of fused-ring (bicyclic) bond motifs is 1. The van der Waals surface area contributed by atoms with Gasteiger partial charge >= 0.3 is 0 Å². The molecule has 0 saturated heterocycles. The molecule has 4 nitrogen and oxygen atoms in total. The van der Waals surface area contributed by atoms with Crippen LogP contribution in [0, 0.1) is 0 Å². The number of para-hydroxylation sites is 1. The molecule has 3 aromatic rings. The molecule has 1 aliphatic heterocycles. The van der Waals surface area contributed by atoms with Crippen LogP contribution in [0.2, 0.25) is 0 Å². The van der Waals surface area contributed by atoms with Crippen LogP contribution in [0.3, 0.4) is 0 Å². The molecule has 4 rings (SSSR count). The predicted octanol–water partition coefficient (Wildman–Crippen LogP) is 4.00. The summed E-state index contributed by atoms with van der Waals surface area (Å²) >= 11 is 0. The average Bonchev–Trinajstić information content (AvgIpc) is 3.05. The van der Waals surface area contributed by atoms with Crippen LogP contribution >= 0.6 is 0 Å². The molecule has 0 spiro atoms. The maximum Gasteiger partial charge on any atom is 0.246 e. The highest BCUT2D eigenvalue weighted by Crippen LogP contribution is 2.31. The van der Waals surface area contributed by atoms with Gasteiger partial charge in [0.25, 0.3) is 0 Å². The third-order valence-electron chi connectivity index (χ3n) is 4.69. The Morgan fingerprint density at radius 3 is 2.75 bits per heavy atom. The fraction of sp³-hybridized carbons (Fsp3) is 0.300. The highest BCUT2D eigenvalue weighted by molar-refractivity contribution is 5.56. The van der Waals surface area contributed by atoms with Crippen LogP contribution in [0.25, 0.3) is 0 Å². The molecular weight excluding hydrogens is 298 g/mol. The van der Waals surface area contributed by atoms with Gasteiger partial charge in [0.2, 0.25) is 5.89 Å². The Morgan fingerprint density at radius 2 is 1.88 bits per heavy atom. The van der Waals surface area contributed by atoms with E-state index in [0.717, 1.165) is 18.7 Å². The molecule has 122 valence electrons. The van der Waals surface area contributed by atoms with Gasteiger partial charge in [0.1, 0.15) is 0 Å². The molecule has 0 fully saturated rings. The maximum atomic E-state index is 5.50. The van der Waals surface area contributed by atoms with Crippen LogP contribution in [0.4, 0.5) is 5.69 Å². The van der Waals surface area contributed by atoms with E-state index in [1.54, 1.807) is 0 Å². The van der Waals surface area contributed by atoms with E-state index < -0.39 is 0 Å². The third kappa shape index (κ3) is 3.04. The van der Waals surface area contributed by atoms with E-state index in [1.807, 2.05) is 18.2 Å². The minimum atomic E-state index is 0.476. The van der Waals surface area contributed by atoms with E-state index in [-0.39, 0.29) is 0 Å². The summed E-state index contributed by atoms with van der Waals surface area (Å²) in [6, 6.07) is 19.3. The molecule has 0 radical (unpaired) electrons. The number of hydrogen-bond acceptors (Lipinski definition) is 4. The molecule has 24 heavy (non-hydrogen) atoms. The Morgan fingerprint density at radius 1 is 1.08 bits per heavy atom. The number of benzene rings is 2. The lowest BCUT2D eigenvalue weighted by atomic mass is 9.97. The molecule has 1 atom stereocenters. The van der Waals surface area contributed by atoms with Crippen molar-refractivity contribution in [3.8, 4) is 0 Å². The summed E-state index contributed by atoms with van der Waals surface area (Å²) in [6.07, 6.45) is 3.00. The summed E-state index contributed by atoms with van der Waals surface area (Å²) in [5.41, 5.74) is 3.89. The van der Waals surface area contributed by atoms with Gasteiger partial charge in [-0.05, 0) is 37.0 Å². The standard InChI is InChI=1S/C20H21N3O/c1-15-11-12-17-9-5-6-10-18(17)23(15)14-20-21-19(22-24-20)13-16-7-3-2-4-8-16/h2-10,15H,11-14H2,1H3/t15-/m0/s1. The van der Waals surface area contributed by atoms with Gasteiger partial charge in [-0.15, -0.1) is 0 Å². The summed E-state index contributed by atoms with van der Waals surface area (Å²) in [5, 5.41) is 4.15. The van der Waals surface area contributed by atoms with Crippen molar-refractivity contribution in [1.82, 2.24) is 10.1 Å². The zero-order valence-corrected chi connectivity index (χ0v) is 13.9. The Bertz CT molecular complexity index is 813. The van der Waals surface area contributed by atoms with E-state index in [2.05, 4.69) is 58.4 Å². The summed E-state index contributed by atoms with van der Waals surface area (Å²) in [5.74, 6) is 1.43. The Labute approximate surface area is 142 Å². The van der Waals surface area contributed by atoms with Crippen LogP contribution in [-0.4, -0.2) is 16.2 Å². The molecule has 1 aromatic heterocycles. The fourth-order valence-electron chi connectivity index (χ4n) is 3.35. The van der Waals surface area contributed by atoms with Crippen molar-refractivity contribution in [2.24, 2.45) is 0 Å². The van der Waals surface area contributed by atoms with Crippen molar-refractivity contribution < 1.29 is 4.52 Å². The van der Waals surface area contributed by atoms with Crippen molar-refractivity contribution in [1.29, 1.82) is 0 Å². The van der Waals surface area contributed by atoms with E-state index in [9.17, 15) is 0 Å². The first-order chi connectivity index (χ1) is 11.8. The lowest BCUT2D eigenvalue weighted by molar-refractivity contribution is 0.365. The van der Waals surface area contributed by atoms with Crippen LogP contribution in [-0.2, 0) is 19.4 Å². The highest BCUT2D eigenvalue weighted by atomic mass is 16.5. The molecule has 0 amide bonds. The Kier molecular flexibility index (Phi) is 4.03. The number of hydrogen-bond donors (Lipinski definition) is 0. The first-order valence-corrected chi connectivity index (χ1v) is 8.49. The first kappa shape index (κ1) is 14.9. The molecule has 0 N–H and O–H groups in total. The quantitative estimate of drug-likeness (QED) is 0.729. The number of aromatic nitrogens is 2. The summed E-state index contributed by atoms with van der Waals surface area (Å²) in [4.78, 5) is 6.96. The molecule has 0 aliphatic carbocycles. The van der Waals surface area contributed by atoms with Gasteiger partial charge in [-0.2, -0.15) is 4.98 Å². The number of anilines is 1. The van der Waals surface area contributed by atoms with Gasteiger partial charge in [0.15, 0.2) is 5.82 Å². The van der Waals surface area contributed by atoms with E-state index in [1.165, 1.54) is 16.8 Å². The Balaban J connectivity index is 1.52. The number of rotatable bonds is 4. The fourth-order valence-corrected chi connectivity index (χ4v) is 3.35. The molecular formula is C20H21N3O. The maximum absolute atomic E-state index is 5.50. The van der Waals surface area contributed by atoms with Gasteiger partial charge in [-0.25, -0.2) is 0 Å². The summed E-state index contributed by atoms with van der Waals surface area (Å²) in [7, 11) is 0. The average molecular weight is 319 g/mol. The smallest absolute Gasteiger partial charge is 0.246 e. The topological polar surface area (TPSA) is 42.2 Å². The zero-order chi connectivity index (χ0) is 16.4. The van der Waals surface area contributed by atoms with Crippen LogP contribution in [0.15, 0.2) is 59.1 Å². The molecule has 4 heteroatoms. The molecule has 2 heterocycles. The Hall–Kier alpha value is -2.62. The molecule has 0 unspecified atom stereocenters. The SMILES string of the molecule is C[C@H]1CCc2ccccc2N1Cc1nc(Cc2ccccc2)no1. The second kappa shape index (κ2) is 6.48. The van der Waals surface area contributed by atoms with Gasteiger partial charge in [-0.1, -0.05) is 53.7 Å². The van der Waals surface area contributed by atoms with Gasteiger partial charge in [0, 0.05) is 18.2 Å². The van der Waals surface area contributed by atoms with E-state index in [0.29, 0.717) is 24.9 Å². The highest BCUT2D eigenvalue weighted by Gasteiger charge is 2.24. The second-order valence-corrected chi connectivity index (χ2v) is 6.41. The molecule has 0 bridgehead atoms. The van der Waals surface area contributed by atoms with E-state index >= 15 is 0 Å². The zero-order valence-electron chi connectivity index (χ0n) is 13.9. The normalized spacial score (nSPS) is 16.9. The van der Waals surface area contributed by atoms with Crippen molar-refractivity contribution in [3.63, 3.8) is 0 Å². The third-order valence-corrected chi connectivity index (χ3v) is 4.69. The van der Waals surface area contributed by atoms with Crippen LogP contribution in [0.5, 0.6) is 0 Å². The largest absolute Gasteiger partial charge is 0.359 e. The molecule has 2 aromatic carbocycles. The molecule has 1 aliphatic rings. The van der Waals surface area contributed by atoms with Crippen LogP contribution < -0.4 is 4.90 Å². The van der Waals surface area contributed by atoms with E-state index in [4.69, 9.17) is 4.52 Å². The minimum absolute atomic E-state index is 0.476. The van der Waals surface area contributed by atoms with Gasteiger partial charge < -0.3 is 9.42 Å². The second-order valence-electron chi connectivity index (χ2n) is 6.41. The monoisotopic (exact) mass is 319 g/mol. The van der Waals surface area contributed by atoms with Crippen molar-refractivity contribution in [2.75, 3.05) is 4.90 Å². The predicted molar refractivity (Wildman–Crippen MR) is 94.0 cm³/mol. The number of nitrogens with zero attached hydrogens (tertiary/aromatic N) is 3. The summed E-state index contributed by atoms with van der Waals surface area (Å²) in [6.45, 7) is 2.93. The summed E-state index contributed by atoms with van der Waals surface area (Å²) < 4.78 is 5.50. The molecule has 0 saturated carbocycles. The van der Waals surface area contributed by atoms with Crippen molar-refractivity contribution >= 4 is 5.69 Å². The first-order valence-electron chi connectivity index (χ1n) is 8.49. The van der Waals surface area contributed by atoms with Crippen LogP contribution in [0.1, 0.15) is 36.2 Å². The van der Waals surface area contributed by atoms with Gasteiger partial charge in [-0.3, -0.25) is 0 Å². The van der Waals surface area contributed by atoms with Crippen molar-refractivity contribution in [2.45, 2.75) is 38.8 Å². The van der Waals surface area contributed by atoms with Gasteiger partial charge in [0.05, 0.1) is 6.54 Å². The lowest BCUT2D eigenvalue weighted by Crippen LogP contribution is -2.36.